The van der Waals surface area contributed by atoms with E-state index >= 15 is 0 Å². The molecule has 0 bridgehead atoms. The lowest BCUT2D eigenvalue weighted by Crippen LogP contribution is -2.30. The number of unbranched alkanes of at least 4 members (excludes halogenated alkanes) is 24. The molecule has 0 fully saturated rings. The van der Waals surface area contributed by atoms with Crippen LogP contribution in [0.25, 0.3) is 0 Å². The first-order chi connectivity index (χ1) is 38.5. The molecule has 0 aliphatic rings. The summed E-state index contributed by atoms with van der Waals surface area (Å²) in [5, 5.41) is 0. The molecule has 0 aromatic rings. The molecule has 6 nitrogen and oxygen atoms in total. The van der Waals surface area contributed by atoms with E-state index in [-0.39, 0.29) is 31.1 Å². The molecular formula is C72H118O6. The first-order valence-corrected chi connectivity index (χ1v) is 32.2. The van der Waals surface area contributed by atoms with Crippen molar-refractivity contribution >= 4 is 17.9 Å². The molecule has 0 saturated carbocycles. The third-order valence-corrected chi connectivity index (χ3v) is 13.4. The molecule has 78 heavy (non-hydrogen) atoms. The first kappa shape index (κ1) is 73.5. The van der Waals surface area contributed by atoms with Gasteiger partial charge in [-0.05, 0) is 122 Å². The van der Waals surface area contributed by atoms with E-state index in [0.29, 0.717) is 19.3 Å². The Kier molecular flexibility index (Phi) is 61.4. The number of rotatable bonds is 57. The number of carbonyl (C=O) groups is 3. The second-order valence-corrected chi connectivity index (χ2v) is 20.9. The lowest BCUT2D eigenvalue weighted by atomic mass is 10.0. The normalized spacial score (nSPS) is 13.0. The number of carbonyl (C=O) groups excluding carboxylic acids is 3. The molecule has 0 aromatic heterocycles. The highest BCUT2D eigenvalue weighted by Gasteiger charge is 2.19. The van der Waals surface area contributed by atoms with Crippen molar-refractivity contribution in [1.82, 2.24) is 0 Å². The van der Waals surface area contributed by atoms with Gasteiger partial charge >= 0.3 is 17.9 Å². The molecule has 0 aliphatic carbocycles. The van der Waals surface area contributed by atoms with Gasteiger partial charge < -0.3 is 14.2 Å². The lowest BCUT2D eigenvalue weighted by Gasteiger charge is -2.18. The van der Waals surface area contributed by atoms with Gasteiger partial charge in [0.15, 0.2) is 6.10 Å². The van der Waals surface area contributed by atoms with E-state index in [0.717, 1.165) is 135 Å². The van der Waals surface area contributed by atoms with Gasteiger partial charge in [-0.1, -0.05) is 276 Å². The van der Waals surface area contributed by atoms with Gasteiger partial charge in [-0.25, -0.2) is 0 Å². The third-order valence-electron chi connectivity index (χ3n) is 13.4. The quantitative estimate of drug-likeness (QED) is 0.0261. The van der Waals surface area contributed by atoms with E-state index in [1.165, 1.54) is 109 Å². The fourth-order valence-electron chi connectivity index (χ4n) is 8.58. The predicted molar refractivity (Wildman–Crippen MR) is 339 cm³/mol. The van der Waals surface area contributed by atoms with Crippen molar-refractivity contribution in [2.45, 2.75) is 290 Å². The predicted octanol–water partition coefficient (Wildman–Crippen LogP) is 22.2. The largest absolute Gasteiger partial charge is 0.462 e. The van der Waals surface area contributed by atoms with Crippen molar-refractivity contribution in [3.05, 3.63) is 134 Å². The van der Waals surface area contributed by atoms with Crippen LogP contribution in [0.4, 0.5) is 0 Å². The van der Waals surface area contributed by atoms with Crippen molar-refractivity contribution < 1.29 is 28.6 Å². The molecule has 0 aromatic carbocycles. The van der Waals surface area contributed by atoms with Crippen molar-refractivity contribution in [1.29, 1.82) is 0 Å². The van der Waals surface area contributed by atoms with E-state index in [2.05, 4.69) is 154 Å². The fraction of sp³-hybridized carbons (Fsp3) is 0.653. The van der Waals surface area contributed by atoms with Crippen LogP contribution in [0.2, 0.25) is 0 Å². The maximum Gasteiger partial charge on any atom is 0.306 e. The van der Waals surface area contributed by atoms with Crippen molar-refractivity contribution in [3.63, 3.8) is 0 Å². The van der Waals surface area contributed by atoms with Crippen LogP contribution in [0, 0.1) is 0 Å². The summed E-state index contributed by atoms with van der Waals surface area (Å²) >= 11 is 0. The van der Waals surface area contributed by atoms with Crippen molar-refractivity contribution in [3.8, 4) is 0 Å². The number of ether oxygens (including phenoxy) is 3. The number of allylic oxidation sites excluding steroid dienone is 22. The van der Waals surface area contributed by atoms with Crippen LogP contribution in [0.15, 0.2) is 134 Å². The molecule has 0 saturated heterocycles. The highest BCUT2D eigenvalue weighted by Crippen LogP contribution is 2.15. The summed E-state index contributed by atoms with van der Waals surface area (Å²) in [6.45, 7) is 6.43. The average molecular weight is 1080 g/mol. The number of esters is 3. The van der Waals surface area contributed by atoms with E-state index in [9.17, 15) is 14.4 Å². The molecule has 0 aliphatic heterocycles. The molecule has 0 radical (unpaired) electrons. The van der Waals surface area contributed by atoms with E-state index < -0.39 is 6.10 Å². The van der Waals surface area contributed by atoms with Crippen LogP contribution in [0.1, 0.15) is 284 Å². The highest BCUT2D eigenvalue weighted by molar-refractivity contribution is 5.71. The van der Waals surface area contributed by atoms with Gasteiger partial charge in [-0.3, -0.25) is 14.4 Å². The van der Waals surface area contributed by atoms with Gasteiger partial charge in [0.25, 0.3) is 0 Å². The zero-order valence-corrected chi connectivity index (χ0v) is 50.6. The summed E-state index contributed by atoms with van der Waals surface area (Å²) in [5.74, 6) is -0.930. The van der Waals surface area contributed by atoms with Crippen LogP contribution < -0.4 is 0 Å². The second-order valence-electron chi connectivity index (χ2n) is 20.9. The summed E-state index contributed by atoms with van der Waals surface area (Å²) in [5.41, 5.74) is 0. The molecule has 0 rings (SSSR count). The van der Waals surface area contributed by atoms with Gasteiger partial charge in [-0.15, -0.1) is 0 Å². The van der Waals surface area contributed by atoms with Gasteiger partial charge in [-0.2, -0.15) is 0 Å². The molecule has 0 spiro atoms. The molecule has 0 heterocycles. The lowest BCUT2D eigenvalue weighted by molar-refractivity contribution is -0.167. The Balaban J connectivity index is 4.20. The fourth-order valence-corrected chi connectivity index (χ4v) is 8.58. The Bertz CT molecular complexity index is 1670. The minimum atomic E-state index is -0.793. The summed E-state index contributed by atoms with van der Waals surface area (Å²) in [7, 11) is 0. The maximum absolute atomic E-state index is 12.9. The molecule has 6 heteroatoms. The summed E-state index contributed by atoms with van der Waals surface area (Å²) < 4.78 is 16.8. The number of hydrogen-bond donors (Lipinski definition) is 0. The minimum Gasteiger partial charge on any atom is -0.462 e. The van der Waals surface area contributed by atoms with Crippen LogP contribution in [-0.2, 0) is 28.6 Å². The van der Waals surface area contributed by atoms with Gasteiger partial charge in [0.2, 0.25) is 0 Å². The number of hydrogen-bond acceptors (Lipinski definition) is 6. The topological polar surface area (TPSA) is 78.9 Å². The monoisotopic (exact) mass is 1080 g/mol. The summed E-state index contributed by atoms with van der Waals surface area (Å²) in [6.07, 6.45) is 92.0. The zero-order chi connectivity index (χ0) is 56.4. The van der Waals surface area contributed by atoms with Crippen LogP contribution >= 0.6 is 0 Å². The Morgan fingerprint density at radius 1 is 0.269 bits per heavy atom. The van der Waals surface area contributed by atoms with Crippen molar-refractivity contribution in [2.75, 3.05) is 13.2 Å². The zero-order valence-electron chi connectivity index (χ0n) is 50.6. The Morgan fingerprint density at radius 3 is 0.782 bits per heavy atom. The molecule has 442 valence electrons. The van der Waals surface area contributed by atoms with E-state index in [1.54, 1.807) is 0 Å². The minimum absolute atomic E-state index is 0.0909. The first-order valence-electron chi connectivity index (χ1n) is 32.2. The highest BCUT2D eigenvalue weighted by atomic mass is 16.6. The van der Waals surface area contributed by atoms with Gasteiger partial charge in [0.1, 0.15) is 13.2 Å². The standard InChI is InChI=1S/C72H118O6/c1-4-7-10-13-16-18-20-22-24-26-28-30-32-34-35-36-37-39-40-42-44-46-48-50-52-54-56-59-62-65-71(74)77-68-69(67-76-70(73)64-61-58-15-12-9-6-3)78-72(75)66-63-60-57-55-53-51-49-47-45-43-41-38-33-31-29-27-25-23-21-19-17-14-11-8-5-2/h7,10,16,18,21-24,27-30,33-35,37-39,42,44,48,50,69H,4-6,8-9,11-15,17,19-20,25-26,31-32,36,40-41,43,45-47,49,51-68H2,1-3H3/b10-7-,18-16-,23-21-,24-22-,29-27-,30-28-,35-34-,38-33-,39-37-,44-42-,50-48-. The molecular weight excluding hydrogens is 961 g/mol. The molecule has 0 amide bonds. The molecule has 0 N–H and O–H groups in total. The smallest absolute Gasteiger partial charge is 0.306 e. The van der Waals surface area contributed by atoms with Crippen LogP contribution in [-0.4, -0.2) is 37.2 Å². The average Bonchev–Trinajstić information content (AvgIpc) is 3.44. The van der Waals surface area contributed by atoms with Crippen molar-refractivity contribution in [2.24, 2.45) is 0 Å². The van der Waals surface area contributed by atoms with Gasteiger partial charge in [0.05, 0.1) is 0 Å². The third kappa shape index (κ3) is 62.4. The maximum atomic E-state index is 12.9. The van der Waals surface area contributed by atoms with E-state index in [4.69, 9.17) is 14.2 Å². The Labute approximate surface area is 481 Å². The summed E-state index contributed by atoms with van der Waals surface area (Å²) in [6, 6.07) is 0. The summed E-state index contributed by atoms with van der Waals surface area (Å²) in [4.78, 5) is 38.0. The molecule has 1 atom stereocenters. The van der Waals surface area contributed by atoms with Crippen LogP contribution in [0.3, 0.4) is 0 Å². The Hall–Kier alpha value is -4.45. The SMILES string of the molecule is CC/C=C\C/C=C\C/C=C\C/C=C\C/C=C\C/C=C\C/C=C\C/C=C\CCCCCCC(=O)OCC(COC(=O)CCCCCCCC)OC(=O)CCCCCCCCCCCC/C=C\C/C=C\C/C=C\CCCCCCC. The Morgan fingerprint density at radius 2 is 0.500 bits per heavy atom. The van der Waals surface area contributed by atoms with E-state index in [1.807, 2.05) is 0 Å². The second kappa shape index (κ2) is 65.1. The van der Waals surface area contributed by atoms with Gasteiger partial charge in [0, 0.05) is 19.3 Å². The molecule has 1 unspecified atom stereocenters. The van der Waals surface area contributed by atoms with Crippen LogP contribution in [0.5, 0.6) is 0 Å².